The highest BCUT2D eigenvalue weighted by atomic mass is 32.2. The van der Waals surface area contributed by atoms with Crippen LogP contribution in [-0.4, -0.2) is 15.5 Å². The molecule has 0 aliphatic carbocycles. The highest BCUT2D eigenvalue weighted by Crippen LogP contribution is 2.28. The SMILES string of the molecule is COc1ccc(Nc2cc(S(N)(=O)=O)ccc2N)cc1C. The number of anilines is 3. The van der Waals surface area contributed by atoms with E-state index in [0.717, 1.165) is 17.0 Å². The Kier molecular flexibility index (Phi) is 4.06. The number of nitrogen functional groups attached to an aromatic ring is 1. The summed E-state index contributed by atoms with van der Waals surface area (Å²) in [4.78, 5) is 0.00411. The molecule has 6 nitrogen and oxygen atoms in total. The summed E-state index contributed by atoms with van der Waals surface area (Å²) in [6.45, 7) is 1.91. The van der Waals surface area contributed by atoms with E-state index in [4.69, 9.17) is 15.6 Å². The van der Waals surface area contributed by atoms with Gasteiger partial charge in [0.1, 0.15) is 5.75 Å². The van der Waals surface area contributed by atoms with Gasteiger partial charge in [0, 0.05) is 5.69 Å². The molecule has 0 aliphatic rings. The third-order valence-corrected chi connectivity index (χ3v) is 3.94. The van der Waals surface area contributed by atoms with E-state index in [1.807, 2.05) is 25.1 Å². The molecule has 2 rings (SSSR count). The van der Waals surface area contributed by atoms with Gasteiger partial charge >= 0.3 is 0 Å². The maximum atomic E-state index is 11.4. The van der Waals surface area contributed by atoms with Gasteiger partial charge in [-0.2, -0.15) is 0 Å². The second-order valence-electron chi connectivity index (χ2n) is 4.60. The normalized spacial score (nSPS) is 11.2. The lowest BCUT2D eigenvalue weighted by molar-refractivity contribution is 0.412. The number of primary sulfonamides is 1. The Morgan fingerprint density at radius 3 is 2.43 bits per heavy atom. The molecule has 0 spiro atoms. The maximum absolute atomic E-state index is 11.4. The van der Waals surface area contributed by atoms with Gasteiger partial charge in [-0.05, 0) is 48.9 Å². The largest absolute Gasteiger partial charge is 0.496 e. The molecule has 0 fully saturated rings. The zero-order valence-corrected chi connectivity index (χ0v) is 12.6. The van der Waals surface area contributed by atoms with Crippen molar-refractivity contribution in [2.75, 3.05) is 18.2 Å². The van der Waals surface area contributed by atoms with Crippen molar-refractivity contribution in [1.82, 2.24) is 0 Å². The first-order chi connectivity index (χ1) is 9.81. The minimum Gasteiger partial charge on any atom is -0.496 e. The van der Waals surface area contributed by atoms with Crippen molar-refractivity contribution in [3.05, 3.63) is 42.0 Å². The minimum absolute atomic E-state index is 0.00411. The Balaban J connectivity index is 2.37. The Hall–Kier alpha value is -2.25. The van der Waals surface area contributed by atoms with Gasteiger partial charge < -0.3 is 15.8 Å². The van der Waals surface area contributed by atoms with Crippen molar-refractivity contribution in [2.45, 2.75) is 11.8 Å². The number of nitrogens with two attached hydrogens (primary N) is 2. The van der Waals surface area contributed by atoms with E-state index in [2.05, 4.69) is 5.32 Å². The molecule has 0 atom stereocenters. The van der Waals surface area contributed by atoms with Crippen molar-refractivity contribution in [2.24, 2.45) is 5.14 Å². The fourth-order valence-electron chi connectivity index (χ4n) is 1.93. The molecular weight excluding hydrogens is 290 g/mol. The number of aryl methyl sites for hydroxylation is 1. The summed E-state index contributed by atoms with van der Waals surface area (Å²) < 4.78 is 27.9. The van der Waals surface area contributed by atoms with E-state index in [0.29, 0.717) is 11.4 Å². The van der Waals surface area contributed by atoms with E-state index in [-0.39, 0.29) is 4.90 Å². The van der Waals surface area contributed by atoms with Crippen LogP contribution in [0.15, 0.2) is 41.3 Å². The number of hydrogen-bond donors (Lipinski definition) is 3. The van der Waals surface area contributed by atoms with Gasteiger partial charge in [-0.25, -0.2) is 13.6 Å². The third kappa shape index (κ3) is 3.45. The topological polar surface area (TPSA) is 107 Å². The van der Waals surface area contributed by atoms with Gasteiger partial charge in [0.2, 0.25) is 10.0 Å². The van der Waals surface area contributed by atoms with Gasteiger partial charge in [-0.15, -0.1) is 0 Å². The van der Waals surface area contributed by atoms with Crippen LogP contribution in [0.4, 0.5) is 17.1 Å². The zero-order chi connectivity index (χ0) is 15.6. The van der Waals surface area contributed by atoms with Crippen LogP contribution in [-0.2, 0) is 10.0 Å². The molecule has 0 aromatic heterocycles. The lowest BCUT2D eigenvalue weighted by atomic mass is 10.2. The van der Waals surface area contributed by atoms with Gasteiger partial charge in [0.25, 0.3) is 0 Å². The number of benzene rings is 2. The molecule has 0 aliphatic heterocycles. The van der Waals surface area contributed by atoms with Crippen molar-refractivity contribution < 1.29 is 13.2 Å². The molecule has 0 saturated heterocycles. The first kappa shape index (κ1) is 15.1. The average molecular weight is 307 g/mol. The number of hydrogen-bond acceptors (Lipinski definition) is 5. The fourth-order valence-corrected chi connectivity index (χ4v) is 2.47. The summed E-state index contributed by atoms with van der Waals surface area (Å²) in [7, 11) is -2.17. The van der Waals surface area contributed by atoms with Crippen LogP contribution in [0.3, 0.4) is 0 Å². The molecule has 0 amide bonds. The minimum atomic E-state index is -3.77. The van der Waals surface area contributed by atoms with Crippen molar-refractivity contribution in [3.63, 3.8) is 0 Å². The smallest absolute Gasteiger partial charge is 0.238 e. The van der Waals surface area contributed by atoms with E-state index in [1.165, 1.54) is 18.2 Å². The molecule has 21 heavy (non-hydrogen) atoms. The summed E-state index contributed by atoms with van der Waals surface area (Å²) in [5, 5.41) is 8.19. The van der Waals surface area contributed by atoms with Crippen molar-refractivity contribution in [3.8, 4) is 5.75 Å². The molecule has 112 valence electrons. The van der Waals surface area contributed by atoms with Crippen LogP contribution >= 0.6 is 0 Å². The molecule has 0 unspecified atom stereocenters. The predicted molar refractivity (Wildman–Crippen MR) is 83.2 cm³/mol. The van der Waals surface area contributed by atoms with Crippen LogP contribution in [0.25, 0.3) is 0 Å². The molecule has 7 heteroatoms. The molecule has 0 radical (unpaired) electrons. The summed E-state index contributed by atoms with van der Waals surface area (Å²) >= 11 is 0. The second kappa shape index (κ2) is 5.63. The lowest BCUT2D eigenvalue weighted by Crippen LogP contribution is -2.12. The summed E-state index contributed by atoms with van der Waals surface area (Å²) in [6.07, 6.45) is 0. The molecule has 0 heterocycles. The van der Waals surface area contributed by atoms with Crippen LogP contribution < -0.4 is 20.9 Å². The monoisotopic (exact) mass is 307 g/mol. The van der Waals surface area contributed by atoms with Gasteiger partial charge in [-0.1, -0.05) is 0 Å². The van der Waals surface area contributed by atoms with E-state index < -0.39 is 10.0 Å². The van der Waals surface area contributed by atoms with Gasteiger partial charge in [-0.3, -0.25) is 0 Å². The molecular formula is C14H17N3O3S. The predicted octanol–water partition coefficient (Wildman–Crippen LogP) is 1.98. The lowest BCUT2D eigenvalue weighted by Gasteiger charge is -2.12. The number of methoxy groups -OCH3 is 1. The Labute approximate surface area is 123 Å². The van der Waals surface area contributed by atoms with E-state index >= 15 is 0 Å². The molecule has 5 N–H and O–H groups in total. The van der Waals surface area contributed by atoms with Crippen LogP contribution in [0, 0.1) is 6.92 Å². The van der Waals surface area contributed by atoms with Crippen LogP contribution in [0.5, 0.6) is 5.75 Å². The van der Waals surface area contributed by atoms with Gasteiger partial charge in [0.15, 0.2) is 0 Å². The Bertz CT molecular complexity index is 773. The molecule has 0 saturated carbocycles. The third-order valence-electron chi connectivity index (χ3n) is 3.03. The van der Waals surface area contributed by atoms with Crippen LogP contribution in [0.1, 0.15) is 5.56 Å². The highest BCUT2D eigenvalue weighted by molar-refractivity contribution is 7.89. The zero-order valence-electron chi connectivity index (χ0n) is 11.8. The molecule has 2 aromatic rings. The standard InChI is InChI=1S/C14H17N3O3S/c1-9-7-10(3-6-14(9)20-2)17-13-8-11(21(16,18)19)4-5-12(13)15/h3-8,17H,15H2,1-2H3,(H2,16,18,19). The van der Waals surface area contributed by atoms with E-state index in [1.54, 1.807) is 7.11 Å². The second-order valence-corrected chi connectivity index (χ2v) is 6.16. The fraction of sp³-hybridized carbons (Fsp3) is 0.143. The summed E-state index contributed by atoms with van der Waals surface area (Å²) in [5.41, 5.74) is 8.47. The number of rotatable bonds is 4. The number of ether oxygens (including phenoxy) is 1. The van der Waals surface area contributed by atoms with Crippen LogP contribution in [0.2, 0.25) is 0 Å². The number of sulfonamides is 1. The highest BCUT2D eigenvalue weighted by Gasteiger charge is 2.11. The first-order valence-electron chi connectivity index (χ1n) is 6.15. The van der Waals surface area contributed by atoms with Gasteiger partial charge in [0.05, 0.1) is 23.4 Å². The summed E-state index contributed by atoms with van der Waals surface area (Å²) in [6, 6.07) is 9.78. The maximum Gasteiger partial charge on any atom is 0.238 e. The number of nitrogens with one attached hydrogen (secondary N) is 1. The Morgan fingerprint density at radius 2 is 1.86 bits per heavy atom. The Morgan fingerprint density at radius 1 is 1.14 bits per heavy atom. The summed E-state index contributed by atoms with van der Waals surface area (Å²) in [5.74, 6) is 0.770. The van der Waals surface area contributed by atoms with Crippen molar-refractivity contribution in [1.29, 1.82) is 0 Å². The average Bonchev–Trinajstić information content (AvgIpc) is 2.40. The first-order valence-corrected chi connectivity index (χ1v) is 7.70. The molecule has 2 aromatic carbocycles. The quantitative estimate of drug-likeness (QED) is 0.749. The van der Waals surface area contributed by atoms with E-state index in [9.17, 15) is 8.42 Å². The van der Waals surface area contributed by atoms with Crippen molar-refractivity contribution >= 4 is 27.1 Å². The molecule has 0 bridgehead atoms.